The van der Waals surface area contributed by atoms with Crippen molar-refractivity contribution >= 4 is 40.1 Å². The molecule has 2 heterocycles. The summed E-state index contributed by atoms with van der Waals surface area (Å²) in [6, 6.07) is 24.0. The minimum absolute atomic E-state index is 0.0316. The van der Waals surface area contributed by atoms with Crippen molar-refractivity contribution in [1.29, 1.82) is 0 Å². The van der Waals surface area contributed by atoms with Crippen molar-refractivity contribution in [1.82, 2.24) is 4.98 Å². The lowest BCUT2D eigenvalue weighted by Crippen LogP contribution is -2.38. The number of ether oxygens (including phenoxy) is 1. The number of allylic oxidation sites excluding steroid dienone is 1. The van der Waals surface area contributed by atoms with Crippen LogP contribution >= 0.6 is 0 Å². The first-order valence-corrected chi connectivity index (χ1v) is 12.8. The van der Waals surface area contributed by atoms with Gasteiger partial charge in [-0.25, -0.2) is 9.78 Å². The predicted molar refractivity (Wildman–Crippen MR) is 146 cm³/mol. The molecular weight excluding hydrogens is 460 g/mol. The first kappa shape index (κ1) is 23.2. The van der Waals surface area contributed by atoms with Gasteiger partial charge in [-0.3, -0.25) is 4.79 Å². The number of esters is 1. The van der Waals surface area contributed by atoms with Crippen LogP contribution in [0, 0.1) is 6.92 Å². The van der Waals surface area contributed by atoms with Gasteiger partial charge in [-0.1, -0.05) is 66.2 Å². The Balaban J connectivity index is 1.31. The number of rotatable bonds is 4. The van der Waals surface area contributed by atoms with E-state index in [1.165, 1.54) is 5.56 Å². The van der Waals surface area contributed by atoms with Crippen molar-refractivity contribution < 1.29 is 14.3 Å². The highest BCUT2D eigenvalue weighted by atomic mass is 16.5. The smallest absolute Gasteiger partial charge is 0.339 e. The fourth-order valence-electron chi connectivity index (χ4n) is 5.59. The van der Waals surface area contributed by atoms with Gasteiger partial charge < -0.3 is 9.64 Å². The second kappa shape index (κ2) is 9.32. The number of pyridine rings is 1. The number of para-hydroxylation sites is 2. The second-order valence-electron chi connectivity index (χ2n) is 9.93. The summed E-state index contributed by atoms with van der Waals surface area (Å²) in [6.45, 7) is 3.79. The maximum atomic E-state index is 13.5. The number of aryl methyl sites for hydroxylation is 1. The summed E-state index contributed by atoms with van der Waals surface area (Å²) >= 11 is 0. The van der Waals surface area contributed by atoms with Crippen LogP contribution in [-0.4, -0.2) is 29.5 Å². The molecule has 5 nitrogen and oxygen atoms in total. The van der Waals surface area contributed by atoms with Crippen LogP contribution in [0.4, 0.5) is 5.69 Å². The van der Waals surface area contributed by atoms with Gasteiger partial charge >= 0.3 is 5.97 Å². The monoisotopic (exact) mass is 488 g/mol. The molecule has 1 aromatic heterocycles. The maximum Gasteiger partial charge on any atom is 0.339 e. The van der Waals surface area contributed by atoms with Crippen LogP contribution in [-0.2, 0) is 22.4 Å². The standard InChI is InChI=1S/C32H28N2O3/c1-20-11-13-22(14-12-20)18-24-15-16-26-30(25-8-4-5-9-27(25)33-31(24)26)32(36)37-19-29(35)34-21(2)17-23-7-3-6-10-28(23)34/h3-14,18,21H,15-17,19H2,1-2H3. The third-order valence-electron chi connectivity index (χ3n) is 7.37. The Labute approximate surface area is 216 Å². The van der Waals surface area contributed by atoms with Gasteiger partial charge in [-0.05, 0) is 73.6 Å². The number of nitrogens with zero attached hydrogens (tertiary/aromatic N) is 2. The number of amides is 1. The Morgan fingerprint density at radius 2 is 1.76 bits per heavy atom. The van der Waals surface area contributed by atoms with Crippen LogP contribution < -0.4 is 4.90 Å². The van der Waals surface area contributed by atoms with E-state index >= 15 is 0 Å². The number of hydrogen-bond donors (Lipinski definition) is 0. The minimum atomic E-state index is -0.472. The molecule has 0 radical (unpaired) electrons. The van der Waals surface area contributed by atoms with E-state index in [1.807, 2.05) is 55.5 Å². The summed E-state index contributed by atoms with van der Waals surface area (Å²) in [5, 5.41) is 0.759. The Morgan fingerprint density at radius 1 is 1.00 bits per heavy atom. The van der Waals surface area contributed by atoms with Crippen molar-refractivity contribution in [3.8, 4) is 0 Å². The lowest BCUT2D eigenvalue weighted by atomic mass is 10.0. The molecule has 4 aromatic rings. The molecule has 0 N–H and O–H groups in total. The van der Waals surface area contributed by atoms with E-state index in [0.717, 1.165) is 57.4 Å². The zero-order valence-electron chi connectivity index (χ0n) is 21.0. The fraction of sp³-hybridized carbons (Fsp3) is 0.219. The Bertz CT molecular complexity index is 1570. The third kappa shape index (κ3) is 4.20. The van der Waals surface area contributed by atoms with E-state index in [4.69, 9.17) is 9.72 Å². The highest BCUT2D eigenvalue weighted by Crippen LogP contribution is 2.38. The van der Waals surface area contributed by atoms with Gasteiger partial charge in [0, 0.05) is 17.1 Å². The number of carbonyl (C=O) groups is 2. The molecule has 2 aliphatic rings. The van der Waals surface area contributed by atoms with Crippen molar-refractivity contribution in [3.05, 3.63) is 106 Å². The molecule has 1 aliphatic heterocycles. The quantitative estimate of drug-likeness (QED) is 0.323. The van der Waals surface area contributed by atoms with Crippen LogP contribution in [0.15, 0.2) is 72.8 Å². The molecule has 184 valence electrons. The first-order chi connectivity index (χ1) is 18.0. The van der Waals surface area contributed by atoms with Crippen LogP contribution in [0.25, 0.3) is 22.6 Å². The number of aromatic nitrogens is 1. The molecule has 1 unspecified atom stereocenters. The van der Waals surface area contributed by atoms with E-state index in [9.17, 15) is 9.59 Å². The molecule has 1 amide bonds. The molecule has 0 bridgehead atoms. The number of benzene rings is 3. The lowest BCUT2D eigenvalue weighted by Gasteiger charge is -2.22. The summed E-state index contributed by atoms with van der Waals surface area (Å²) < 4.78 is 5.69. The molecule has 1 atom stereocenters. The van der Waals surface area contributed by atoms with Crippen LogP contribution in [0.2, 0.25) is 0 Å². The number of carbonyl (C=O) groups excluding carboxylic acids is 2. The molecule has 1 aliphatic carbocycles. The van der Waals surface area contributed by atoms with Crippen molar-refractivity contribution in [2.24, 2.45) is 0 Å². The highest BCUT2D eigenvalue weighted by molar-refractivity contribution is 6.08. The van der Waals surface area contributed by atoms with Crippen molar-refractivity contribution in [2.45, 2.75) is 39.2 Å². The molecule has 6 rings (SSSR count). The van der Waals surface area contributed by atoms with Gasteiger partial charge in [-0.15, -0.1) is 0 Å². The summed E-state index contributed by atoms with van der Waals surface area (Å²) in [4.78, 5) is 33.4. The number of hydrogen-bond acceptors (Lipinski definition) is 4. The number of fused-ring (bicyclic) bond motifs is 3. The van der Waals surface area contributed by atoms with E-state index in [1.54, 1.807) is 4.90 Å². The van der Waals surface area contributed by atoms with Crippen molar-refractivity contribution in [3.63, 3.8) is 0 Å². The normalized spacial score (nSPS) is 17.2. The molecule has 0 saturated heterocycles. The SMILES string of the molecule is Cc1ccc(C=C2CCc3c2nc2ccccc2c3C(=O)OCC(=O)N2c3ccccc3CC2C)cc1. The van der Waals surface area contributed by atoms with Gasteiger partial charge in [-0.2, -0.15) is 0 Å². The predicted octanol–water partition coefficient (Wildman–Crippen LogP) is 6.16. The largest absolute Gasteiger partial charge is 0.452 e. The first-order valence-electron chi connectivity index (χ1n) is 12.8. The average molecular weight is 489 g/mol. The zero-order valence-corrected chi connectivity index (χ0v) is 21.0. The van der Waals surface area contributed by atoms with E-state index in [0.29, 0.717) is 12.0 Å². The third-order valence-corrected chi connectivity index (χ3v) is 7.37. The van der Waals surface area contributed by atoms with Crippen LogP contribution in [0.3, 0.4) is 0 Å². The molecular formula is C32H28N2O3. The van der Waals surface area contributed by atoms with Crippen LogP contribution in [0.5, 0.6) is 0 Å². The lowest BCUT2D eigenvalue weighted by molar-refractivity contribution is -0.122. The molecule has 0 spiro atoms. The summed E-state index contributed by atoms with van der Waals surface area (Å²) in [5.74, 6) is -0.680. The van der Waals surface area contributed by atoms with Gasteiger partial charge in [0.15, 0.2) is 6.61 Å². The van der Waals surface area contributed by atoms with E-state index in [2.05, 4.69) is 37.3 Å². The van der Waals surface area contributed by atoms with E-state index in [-0.39, 0.29) is 18.6 Å². The number of anilines is 1. The maximum absolute atomic E-state index is 13.5. The Kier molecular flexibility index (Phi) is 5.84. The van der Waals surface area contributed by atoms with Crippen LogP contribution in [0.1, 0.15) is 51.7 Å². The summed E-state index contributed by atoms with van der Waals surface area (Å²) in [5.41, 5.74) is 8.49. The molecule has 3 aromatic carbocycles. The minimum Gasteiger partial charge on any atom is -0.452 e. The van der Waals surface area contributed by atoms with Gasteiger partial charge in [0.2, 0.25) is 0 Å². The fourth-order valence-corrected chi connectivity index (χ4v) is 5.59. The van der Waals surface area contributed by atoms with Gasteiger partial charge in [0.25, 0.3) is 5.91 Å². The average Bonchev–Trinajstić information content (AvgIpc) is 3.46. The Hall–Kier alpha value is -4.25. The molecule has 0 saturated carbocycles. The van der Waals surface area contributed by atoms with Gasteiger partial charge in [0.05, 0.1) is 16.8 Å². The molecule has 37 heavy (non-hydrogen) atoms. The molecule has 5 heteroatoms. The second-order valence-corrected chi connectivity index (χ2v) is 9.93. The van der Waals surface area contributed by atoms with E-state index < -0.39 is 5.97 Å². The zero-order chi connectivity index (χ0) is 25.5. The Morgan fingerprint density at radius 3 is 2.59 bits per heavy atom. The highest BCUT2D eigenvalue weighted by Gasteiger charge is 2.32. The summed E-state index contributed by atoms with van der Waals surface area (Å²) in [6.07, 6.45) is 4.46. The summed E-state index contributed by atoms with van der Waals surface area (Å²) in [7, 11) is 0. The molecule has 0 fully saturated rings. The van der Waals surface area contributed by atoms with Crippen molar-refractivity contribution in [2.75, 3.05) is 11.5 Å². The topological polar surface area (TPSA) is 59.5 Å². The van der Waals surface area contributed by atoms with Gasteiger partial charge in [0.1, 0.15) is 0 Å².